The Morgan fingerprint density at radius 2 is 2.24 bits per heavy atom. The highest BCUT2D eigenvalue weighted by molar-refractivity contribution is 5.89. The van der Waals surface area contributed by atoms with Crippen LogP contribution in [0, 0.1) is 11.8 Å². The van der Waals surface area contributed by atoms with Crippen LogP contribution < -0.4 is 0 Å². The van der Waals surface area contributed by atoms with Gasteiger partial charge in [0, 0.05) is 7.05 Å². The second-order valence-corrected chi connectivity index (χ2v) is 4.43. The molecule has 1 aliphatic carbocycles. The van der Waals surface area contributed by atoms with Crippen LogP contribution in [-0.2, 0) is 9.59 Å². The van der Waals surface area contributed by atoms with E-state index in [4.69, 9.17) is 9.52 Å². The van der Waals surface area contributed by atoms with Crippen LogP contribution in [0.1, 0.15) is 25.1 Å². The highest BCUT2D eigenvalue weighted by Crippen LogP contribution is 2.41. The number of carboxylic acid groups (broad SMARTS) is 1. The number of hydrogen-bond donors (Lipinski definition) is 1. The monoisotopic (exact) mass is 237 g/mol. The summed E-state index contributed by atoms with van der Waals surface area (Å²) in [5.74, 6) is -1.18. The number of nitrogens with zero attached hydrogens (tertiary/aromatic N) is 1. The zero-order valence-electron chi connectivity index (χ0n) is 9.79. The first-order chi connectivity index (χ1) is 8.02. The van der Waals surface area contributed by atoms with Crippen LogP contribution in [0.4, 0.5) is 0 Å². The first kappa shape index (κ1) is 11.7. The zero-order valence-corrected chi connectivity index (χ0v) is 9.79. The van der Waals surface area contributed by atoms with E-state index in [0.29, 0.717) is 12.2 Å². The normalized spacial score (nSPS) is 24.1. The van der Waals surface area contributed by atoms with Crippen molar-refractivity contribution in [2.45, 2.75) is 19.4 Å². The van der Waals surface area contributed by atoms with Gasteiger partial charge >= 0.3 is 5.97 Å². The van der Waals surface area contributed by atoms with Gasteiger partial charge in [-0.1, -0.05) is 0 Å². The van der Waals surface area contributed by atoms with Gasteiger partial charge < -0.3 is 14.4 Å². The molecule has 2 rings (SSSR count). The van der Waals surface area contributed by atoms with Crippen LogP contribution in [0.25, 0.3) is 0 Å². The third-order valence-electron chi connectivity index (χ3n) is 3.31. The van der Waals surface area contributed by atoms with Gasteiger partial charge in [0.1, 0.15) is 5.76 Å². The summed E-state index contributed by atoms with van der Waals surface area (Å²) in [6.45, 7) is 1.86. The molecule has 1 aromatic rings. The van der Waals surface area contributed by atoms with Crippen molar-refractivity contribution in [3.05, 3.63) is 24.2 Å². The van der Waals surface area contributed by atoms with Crippen molar-refractivity contribution < 1.29 is 19.1 Å². The number of furan rings is 1. The molecule has 1 amide bonds. The molecule has 0 radical (unpaired) electrons. The Hall–Kier alpha value is -1.78. The quantitative estimate of drug-likeness (QED) is 0.861. The third kappa shape index (κ3) is 2.18. The summed E-state index contributed by atoms with van der Waals surface area (Å²) in [6, 6.07) is 3.39. The van der Waals surface area contributed by atoms with Gasteiger partial charge in [0.25, 0.3) is 0 Å². The molecule has 5 nitrogen and oxygen atoms in total. The lowest BCUT2D eigenvalue weighted by Gasteiger charge is -2.23. The molecular weight excluding hydrogens is 222 g/mol. The number of carbonyl (C=O) groups is 2. The van der Waals surface area contributed by atoms with E-state index in [0.717, 1.165) is 0 Å². The molecule has 3 atom stereocenters. The molecule has 0 spiro atoms. The average molecular weight is 237 g/mol. The Kier molecular flexibility index (Phi) is 2.92. The first-order valence-electron chi connectivity index (χ1n) is 5.55. The summed E-state index contributed by atoms with van der Waals surface area (Å²) in [6.07, 6.45) is 2.00. The second-order valence-electron chi connectivity index (χ2n) is 4.43. The van der Waals surface area contributed by atoms with E-state index in [2.05, 4.69) is 0 Å². The fourth-order valence-electron chi connectivity index (χ4n) is 1.91. The molecular formula is C12H15NO4. The topological polar surface area (TPSA) is 70.8 Å². The first-order valence-corrected chi connectivity index (χ1v) is 5.55. The van der Waals surface area contributed by atoms with Gasteiger partial charge in [0.05, 0.1) is 24.1 Å². The maximum absolute atomic E-state index is 12.0. The Balaban J connectivity index is 1.99. The van der Waals surface area contributed by atoms with Gasteiger partial charge in [-0.15, -0.1) is 0 Å². The third-order valence-corrected chi connectivity index (χ3v) is 3.31. The Morgan fingerprint density at radius 1 is 1.53 bits per heavy atom. The fraction of sp³-hybridized carbons (Fsp3) is 0.500. The predicted octanol–water partition coefficient (Wildman–Crippen LogP) is 1.52. The fourth-order valence-corrected chi connectivity index (χ4v) is 1.91. The molecule has 0 saturated heterocycles. The van der Waals surface area contributed by atoms with Gasteiger partial charge in [-0.2, -0.15) is 0 Å². The molecule has 5 heteroatoms. The van der Waals surface area contributed by atoms with Crippen molar-refractivity contribution in [3.8, 4) is 0 Å². The van der Waals surface area contributed by atoms with Gasteiger partial charge in [-0.05, 0) is 25.5 Å². The van der Waals surface area contributed by atoms with Crippen molar-refractivity contribution in [2.75, 3.05) is 7.05 Å². The van der Waals surface area contributed by atoms with Crippen LogP contribution >= 0.6 is 0 Å². The number of carbonyl (C=O) groups excluding carboxylic acids is 1. The van der Waals surface area contributed by atoms with Crippen molar-refractivity contribution in [1.82, 2.24) is 4.90 Å². The SMILES string of the molecule is C[C@H](c1ccco1)N(C)C(=O)[C@@H]1C[C@H]1C(=O)O. The van der Waals surface area contributed by atoms with E-state index >= 15 is 0 Å². The second kappa shape index (κ2) is 4.24. The summed E-state index contributed by atoms with van der Waals surface area (Å²) in [4.78, 5) is 24.2. The molecule has 1 N–H and O–H groups in total. The van der Waals surface area contributed by atoms with Gasteiger partial charge in [0.2, 0.25) is 5.91 Å². The summed E-state index contributed by atoms with van der Waals surface area (Å²) in [5.41, 5.74) is 0. The summed E-state index contributed by atoms with van der Waals surface area (Å²) < 4.78 is 5.23. The molecule has 1 aliphatic rings. The molecule has 0 aromatic carbocycles. The molecule has 1 saturated carbocycles. The molecule has 0 unspecified atom stereocenters. The van der Waals surface area contributed by atoms with Crippen molar-refractivity contribution in [1.29, 1.82) is 0 Å². The predicted molar refractivity (Wildman–Crippen MR) is 59.1 cm³/mol. The van der Waals surface area contributed by atoms with E-state index in [1.165, 1.54) is 0 Å². The lowest BCUT2D eigenvalue weighted by atomic mass is 10.2. The Bertz CT molecular complexity index is 426. The minimum Gasteiger partial charge on any atom is -0.481 e. The number of aliphatic carboxylic acids is 1. The van der Waals surface area contributed by atoms with Crippen molar-refractivity contribution in [3.63, 3.8) is 0 Å². The highest BCUT2D eigenvalue weighted by atomic mass is 16.4. The minimum atomic E-state index is -0.887. The van der Waals surface area contributed by atoms with Crippen LogP contribution in [0.5, 0.6) is 0 Å². The molecule has 92 valence electrons. The van der Waals surface area contributed by atoms with Crippen LogP contribution in [0.3, 0.4) is 0 Å². The number of hydrogen-bond acceptors (Lipinski definition) is 3. The van der Waals surface area contributed by atoms with Gasteiger partial charge in [-0.25, -0.2) is 0 Å². The van der Waals surface area contributed by atoms with Gasteiger partial charge in [-0.3, -0.25) is 9.59 Å². The highest BCUT2D eigenvalue weighted by Gasteiger charge is 2.49. The molecule has 1 aromatic heterocycles. The van der Waals surface area contributed by atoms with Gasteiger partial charge in [0.15, 0.2) is 0 Å². The molecule has 0 bridgehead atoms. The summed E-state index contributed by atoms with van der Waals surface area (Å²) in [7, 11) is 1.67. The lowest BCUT2D eigenvalue weighted by Crippen LogP contribution is -2.31. The van der Waals surface area contributed by atoms with Crippen LogP contribution in [0.15, 0.2) is 22.8 Å². The van der Waals surface area contributed by atoms with E-state index in [-0.39, 0.29) is 17.9 Å². The maximum Gasteiger partial charge on any atom is 0.307 e. The smallest absolute Gasteiger partial charge is 0.307 e. The van der Waals surface area contributed by atoms with E-state index in [1.807, 2.05) is 6.92 Å². The molecule has 17 heavy (non-hydrogen) atoms. The van der Waals surface area contributed by atoms with Crippen molar-refractivity contribution in [2.24, 2.45) is 11.8 Å². The Labute approximate surface area is 99.0 Å². The molecule has 1 fully saturated rings. The minimum absolute atomic E-state index is 0.124. The van der Waals surface area contributed by atoms with Crippen molar-refractivity contribution >= 4 is 11.9 Å². The number of rotatable bonds is 4. The standard InChI is InChI=1S/C12H15NO4/c1-7(10-4-3-5-17-10)13(2)11(14)8-6-9(8)12(15)16/h3-5,7-9H,6H2,1-2H3,(H,15,16)/t7-,8-,9-/m1/s1. The van der Waals surface area contributed by atoms with E-state index < -0.39 is 11.9 Å². The molecule has 0 aliphatic heterocycles. The maximum atomic E-state index is 12.0. The average Bonchev–Trinajstić information content (AvgIpc) is 2.93. The lowest BCUT2D eigenvalue weighted by molar-refractivity contribution is -0.142. The van der Waals surface area contributed by atoms with E-state index in [1.54, 1.807) is 30.3 Å². The molecule has 1 heterocycles. The number of amides is 1. The van der Waals surface area contributed by atoms with Crippen LogP contribution in [-0.4, -0.2) is 28.9 Å². The van der Waals surface area contributed by atoms with Crippen LogP contribution in [0.2, 0.25) is 0 Å². The Morgan fingerprint density at radius 3 is 2.71 bits per heavy atom. The summed E-state index contributed by atoms with van der Waals surface area (Å²) >= 11 is 0. The summed E-state index contributed by atoms with van der Waals surface area (Å²) in [5, 5.41) is 8.79. The van der Waals surface area contributed by atoms with E-state index in [9.17, 15) is 9.59 Å². The zero-order chi connectivity index (χ0) is 12.6. The largest absolute Gasteiger partial charge is 0.481 e. The number of carboxylic acids is 1.